The van der Waals surface area contributed by atoms with Crippen LogP contribution in [0.2, 0.25) is 0 Å². The Bertz CT molecular complexity index is 839. The van der Waals surface area contributed by atoms with Crippen molar-refractivity contribution in [3.05, 3.63) is 18.2 Å². The summed E-state index contributed by atoms with van der Waals surface area (Å²) in [7, 11) is 0. The summed E-state index contributed by atoms with van der Waals surface area (Å²) in [5.74, 6) is -3.69. The number of thioether (sulfide) groups is 1. The fraction of sp³-hybridized carbons (Fsp3) is 0.579. The summed E-state index contributed by atoms with van der Waals surface area (Å²) in [6, 6.07) is -4.54. The molecular formula is C19H31N7O6S2. The van der Waals surface area contributed by atoms with E-state index in [0.29, 0.717) is 11.4 Å². The molecule has 34 heavy (non-hydrogen) atoms. The van der Waals surface area contributed by atoms with E-state index in [9.17, 15) is 29.1 Å². The van der Waals surface area contributed by atoms with Crippen molar-refractivity contribution in [1.29, 1.82) is 0 Å². The van der Waals surface area contributed by atoms with Crippen LogP contribution in [0.15, 0.2) is 12.5 Å². The number of carbonyl (C=O) groups is 5. The van der Waals surface area contributed by atoms with Gasteiger partial charge in [-0.15, -0.1) is 0 Å². The maximum Gasteiger partial charge on any atom is 0.326 e. The summed E-state index contributed by atoms with van der Waals surface area (Å²) < 4.78 is 0. The summed E-state index contributed by atoms with van der Waals surface area (Å²) >= 11 is 5.49. The Hall–Kier alpha value is -2.78. The average Bonchev–Trinajstić information content (AvgIpc) is 3.29. The van der Waals surface area contributed by atoms with E-state index in [2.05, 4.69) is 38.5 Å². The number of hydrogen-bond acceptors (Lipinski definition) is 9. The highest BCUT2D eigenvalue weighted by molar-refractivity contribution is 7.98. The monoisotopic (exact) mass is 517 g/mol. The third-order valence-electron chi connectivity index (χ3n) is 4.68. The molecule has 1 rings (SSSR count). The quantitative estimate of drug-likeness (QED) is 0.111. The van der Waals surface area contributed by atoms with Crippen molar-refractivity contribution in [3.63, 3.8) is 0 Å². The Labute approximate surface area is 206 Å². The molecule has 13 nitrogen and oxygen atoms in total. The number of nitrogens with zero attached hydrogens (tertiary/aromatic N) is 1. The highest BCUT2D eigenvalue weighted by Gasteiger charge is 2.30. The van der Waals surface area contributed by atoms with Gasteiger partial charge in [0, 0.05) is 30.5 Å². The number of amides is 4. The van der Waals surface area contributed by atoms with Gasteiger partial charge in [0.05, 0.1) is 12.4 Å². The molecule has 0 aliphatic rings. The largest absolute Gasteiger partial charge is 0.480 e. The number of imidazole rings is 1. The van der Waals surface area contributed by atoms with Crippen molar-refractivity contribution in [2.75, 3.05) is 17.8 Å². The third-order valence-corrected chi connectivity index (χ3v) is 5.69. The molecule has 1 heterocycles. The molecule has 9 N–H and O–H groups in total. The number of thiol groups is 1. The van der Waals surface area contributed by atoms with Crippen molar-refractivity contribution < 1.29 is 29.1 Å². The second-order valence-electron chi connectivity index (χ2n) is 7.38. The van der Waals surface area contributed by atoms with Gasteiger partial charge >= 0.3 is 5.97 Å². The molecule has 0 aliphatic heterocycles. The average molecular weight is 518 g/mol. The first kappa shape index (κ1) is 29.3. The van der Waals surface area contributed by atoms with Crippen LogP contribution in [0.1, 0.15) is 25.0 Å². The normalized spacial score (nSPS) is 14.3. The van der Waals surface area contributed by atoms with Gasteiger partial charge in [-0.3, -0.25) is 19.2 Å². The van der Waals surface area contributed by atoms with Gasteiger partial charge in [-0.25, -0.2) is 9.78 Å². The lowest BCUT2D eigenvalue weighted by Gasteiger charge is -2.24. The number of carboxylic acid groups (broad SMARTS) is 1. The molecule has 0 spiro atoms. The first-order chi connectivity index (χ1) is 16.1. The number of aliphatic carboxylic acids is 1. The number of H-pyrrole nitrogens is 1. The van der Waals surface area contributed by atoms with E-state index in [1.165, 1.54) is 24.3 Å². The van der Waals surface area contributed by atoms with Crippen LogP contribution in [-0.2, 0) is 30.4 Å². The van der Waals surface area contributed by atoms with Crippen LogP contribution in [-0.4, -0.2) is 86.6 Å². The number of carboxylic acids is 1. The third kappa shape index (κ3) is 10.4. The Kier molecular flexibility index (Phi) is 13.1. The predicted octanol–water partition coefficient (Wildman–Crippen LogP) is -2.23. The fourth-order valence-electron chi connectivity index (χ4n) is 2.79. The fourth-order valence-corrected chi connectivity index (χ4v) is 3.52. The zero-order valence-corrected chi connectivity index (χ0v) is 20.4. The van der Waals surface area contributed by atoms with Crippen molar-refractivity contribution in [1.82, 2.24) is 25.9 Å². The Morgan fingerprint density at radius 3 is 2.24 bits per heavy atom. The van der Waals surface area contributed by atoms with E-state index >= 15 is 0 Å². The number of primary amides is 1. The van der Waals surface area contributed by atoms with E-state index < -0.39 is 53.8 Å². The molecule has 4 amide bonds. The standard InChI is InChI=1S/C19H31N7O6S2/c1-34-5-4-13(19(31)32)25-18(30)14(8-33)26-17(29)12(2-3-15(21)27)24-16(28)11(20)6-10-7-22-9-23-10/h7,9,11-14,33H,2-6,8,20H2,1H3,(H2,21,27)(H,22,23)(H,24,28)(H,25,30)(H,26,29)(H,31,32). The van der Waals surface area contributed by atoms with Gasteiger partial charge in [0.1, 0.15) is 18.1 Å². The number of rotatable bonds is 16. The number of aromatic nitrogens is 2. The lowest BCUT2D eigenvalue weighted by Crippen LogP contribution is -2.58. The smallest absolute Gasteiger partial charge is 0.326 e. The van der Waals surface area contributed by atoms with Crippen LogP contribution in [0.4, 0.5) is 0 Å². The zero-order chi connectivity index (χ0) is 25.7. The Morgan fingerprint density at radius 1 is 1.09 bits per heavy atom. The molecule has 0 bridgehead atoms. The van der Waals surface area contributed by atoms with E-state index in [1.54, 1.807) is 6.26 Å². The van der Waals surface area contributed by atoms with Crippen LogP contribution in [0.25, 0.3) is 0 Å². The minimum atomic E-state index is -1.21. The first-order valence-corrected chi connectivity index (χ1v) is 12.4. The van der Waals surface area contributed by atoms with Crippen molar-refractivity contribution >= 4 is 54.0 Å². The van der Waals surface area contributed by atoms with E-state index in [1.807, 2.05) is 0 Å². The molecule has 0 fully saturated rings. The number of carbonyl (C=O) groups excluding carboxylic acids is 4. The van der Waals surface area contributed by atoms with Crippen LogP contribution in [0, 0.1) is 0 Å². The molecule has 1 aromatic rings. The topological polar surface area (TPSA) is 222 Å². The highest BCUT2D eigenvalue weighted by atomic mass is 32.2. The molecule has 0 saturated carbocycles. The second-order valence-corrected chi connectivity index (χ2v) is 8.73. The Balaban J connectivity index is 2.83. The minimum absolute atomic E-state index is 0.129. The van der Waals surface area contributed by atoms with Gasteiger partial charge < -0.3 is 37.5 Å². The first-order valence-electron chi connectivity index (χ1n) is 10.3. The SMILES string of the molecule is CSCCC(NC(=O)C(CS)NC(=O)C(CCC(N)=O)NC(=O)C(N)Cc1cnc[nH]1)C(=O)O. The van der Waals surface area contributed by atoms with E-state index in [0.717, 1.165) is 0 Å². The summed E-state index contributed by atoms with van der Waals surface area (Å²) in [5, 5.41) is 16.6. The molecule has 0 aromatic carbocycles. The maximum atomic E-state index is 12.8. The van der Waals surface area contributed by atoms with Crippen molar-refractivity contribution in [2.24, 2.45) is 11.5 Å². The summed E-state index contributed by atoms with van der Waals surface area (Å²) in [6.07, 6.45) is 4.73. The summed E-state index contributed by atoms with van der Waals surface area (Å²) in [6.45, 7) is 0. The van der Waals surface area contributed by atoms with E-state index in [-0.39, 0.29) is 31.4 Å². The lowest BCUT2D eigenvalue weighted by molar-refractivity contribution is -0.142. The number of hydrogen-bond donors (Lipinski definition) is 8. The van der Waals surface area contributed by atoms with Gasteiger partial charge in [0.2, 0.25) is 23.6 Å². The Morgan fingerprint density at radius 2 is 1.71 bits per heavy atom. The second kappa shape index (κ2) is 15.2. The van der Waals surface area contributed by atoms with Crippen LogP contribution in [0.5, 0.6) is 0 Å². The molecule has 15 heteroatoms. The molecule has 1 aromatic heterocycles. The van der Waals surface area contributed by atoms with Gasteiger partial charge in [0.15, 0.2) is 0 Å². The number of aromatic amines is 1. The van der Waals surface area contributed by atoms with Gasteiger partial charge in [-0.2, -0.15) is 24.4 Å². The van der Waals surface area contributed by atoms with Crippen LogP contribution < -0.4 is 27.4 Å². The highest BCUT2D eigenvalue weighted by Crippen LogP contribution is 2.04. The zero-order valence-electron chi connectivity index (χ0n) is 18.7. The minimum Gasteiger partial charge on any atom is -0.480 e. The van der Waals surface area contributed by atoms with Gasteiger partial charge in [-0.05, 0) is 24.9 Å². The summed E-state index contributed by atoms with van der Waals surface area (Å²) in [4.78, 5) is 67.2. The summed E-state index contributed by atoms with van der Waals surface area (Å²) in [5.41, 5.74) is 11.7. The molecule has 190 valence electrons. The van der Waals surface area contributed by atoms with E-state index in [4.69, 9.17) is 11.5 Å². The molecule has 4 atom stereocenters. The molecule has 0 saturated heterocycles. The molecular weight excluding hydrogens is 486 g/mol. The molecule has 4 unspecified atom stereocenters. The van der Waals surface area contributed by atoms with Crippen LogP contribution in [0.3, 0.4) is 0 Å². The van der Waals surface area contributed by atoms with Gasteiger partial charge in [-0.1, -0.05) is 0 Å². The van der Waals surface area contributed by atoms with Crippen molar-refractivity contribution in [2.45, 2.75) is 49.9 Å². The molecule has 0 radical (unpaired) electrons. The number of nitrogens with one attached hydrogen (secondary N) is 4. The van der Waals surface area contributed by atoms with Crippen LogP contribution >= 0.6 is 24.4 Å². The predicted molar refractivity (Wildman–Crippen MR) is 129 cm³/mol. The lowest BCUT2D eigenvalue weighted by atomic mass is 10.1. The van der Waals surface area contributed by atoms with Crippen molar-refractivity contribution in [3.8, 4) is 0 Å². The maximum absolute atomic E-state index is 12.8. The molecule has 0 aliphatic carbocycles. The number of nitrogens with two attached hydrogens (primary N) is 2. The van der Waals surface area contributed by atoms with Gasteiger partial charge in [0.25, 0.3) is 0 Å².